The van der Waals surface area contributed by atoms with Crippen LogP contribution in [0, 0.1) is 0 Å². The van der Waals surface area contributed by atoms with Gasteiger partial charge >= 0.3 is 0 Å². The first-order valence-electron chi connectivity index (χ1n) is 6.60. The van der Waals surface area contributed by atoms with Crippen LogP contribution in [0.5, 0.6) is 0 Å². The van der Waals surface area contributed by atoms with E-state index in [-0.39, 0.29) is 24.0 Å². The van der Waals surface area contributed by atoms with Gasteiger partial charge in [0.1, 0.15) is 5.69 Å². The number of hydrogen-bond acceptors (Lipinski definition) is 1. The van der Waals surface area contributed by atoms with E-state index in [1.54, 1.807) is 0 Å². The Kier molecular flexibility index (Phi) is 6.84. The summed E-state index contributed by atoms with van der Waals surface area (Å²) in [5.74, 6) is 1.10. The van der Waals surface area contributed by atoms with Gasteiger partial charge in [0.25, 0.3) is 5.82 Å². The molecule has 0 unspecified atom stereocenters. The zero-order valence-electron chi connectivity index (χ0n) is 11.6. The summed E-state index contributed by atoms with van der Waals surface area (Å²) in [6.07, 6.45) is 5.73. The quantitative estimate of drug-likeness (QED) is 0.604. The molecule has 0 aliphatic carbocycles. The predicted octanol–water partition coefficient (Wildman–Crippen LogP) is 0.601. The molecule has 1 aromatic heterocycles. The van der Waals surface area contributed by atoms with Crippen molar-refractivity contribution in [3.63, 3.8) is 0 Å². The van der Waals surface area contributed by atoms with E-state index in [1.165, 1.54) is 24.8 Å². The molecule has 2 rings (SSSR count). The maximum Gasteiger partial charge on any atom is 0.279 e. The molecule has 0 fully saturated rings. The summed E-state index contributed by atoms with van der Waals surface area (Å²) in [5, 5.41) is 3.42. The van der Waals surface area contributed by atoms with Crippen molar-refractivity contribution in [3.8, 4) is 0 Å². The number of anilines is 2. The minimum absolute atomic E-state index is 0. The Morgan fingerprint density at radius 1 is 1.05 bits per heavy atom. The SMILES string of the molecule is CCCCc1ccc(Nc2cccc[n+]2C)cc1.[I-]. The monoisotopic (exact) mass is 368 g/mol. The van der Waals surface area contributed by atoms with Gasteiger partial charge in [-0.1, -0.05) is 31.5 Å². The van der Waals surface area contributed by atoms with E-state index in [0.29, 0.717) is 0 Å². The average Bonchev–Trinajstić information content (AvgIpc) is 2.41. The molecule has 2 nitrogen and oxygen atoms in total. The highest BCUT2D eigenvalue weighted by Crippen LogP contribution is 2.15. The summed E-state index contributed by atoms with van der Waals surface area (Å²) in [5.41, 5.74) is 2.55. The van der Waals surface area contributed by atoms with E-state index in [4.69, 9.17) is 0 Å². The lowest BCUT2D eigenvalue weighted by Crippen LogP contribution is -3.00. The highest BCUT2D eigenvalue weighted by molar-refractivity contribution is 5.54. The number of aryl methyl sites for hydroxylation is 2. The van der Waals surface area contributed by atoms with Gasteiger partial charge in [-0.15, -0.1) is 0 Å². The van der Waals surface area contributed by atoms with Crippen molar-refractivity contribution in [2.75, 3.05) is 5.32 Å². The smallest absolute Gasteiger partial charge is 0.279 e. The summed E-state index contributed by atoms with van der Waals surface area (Å²) in [6.45, 7) is 2.23. The molecule has 2 aromatic rings. The van der Waals surface area contributed by atoms with Crippen LogP contribution in [0.3, 0.4) is 0 Å². The summed E-state index contributed by atoms with van der Waals surface area (Å²) >= 11 is 0. The summed E-state index contributed by atoms with van der Waals surface area (Å²) < 4.78 is 2.07. The number of halogens is 1. The molecule has 0 saturated heterocycles. The highest BCUT2D eigenvalue weighted by Gasteiger charge is 2.05. The normalized spacial score (nSPS) is 9.79. The molecule has 1 N–H and O–H groups in total. The van der Waals surface area contributed by atoms with Crippen LogP contribution in [-0.4, -0.2) is 0 Å². The lowest BCUT2D eigenvalue weighted by Gasteiger charge is -2.04. The van der Waals surface area contributed by atoms with Gasteiger partial charge in [-0.05, 0) is 36.6 Å². The topological polar surface area (TPSA) is 15.9 Å². The fourth-order valence-electron chi connectivity index (χ4n) is 1.94. The summed E-state index contributed by atoms with van der Waals surface area (Å²) in [4.78, 5) is 0. The second-order valence-corrected chi connectivity index (χ2v) is 4.62. The van der Waals surface area contributed by atoms with E-state index < -0.39 is 0 Å². The highest BCUT2D eigenvalue weighted by atomic mass is 127. The third-order valence-corrected chi connectivity index (χ3v) is 3.10. The van der Waals surface area contributed by atoms with Gasteiger partial charge in [-0.3, -0.25) is 0 Å². The van der Waals surface area contributed by atoms with Crippen molar-refractivity contribution in [3.05, 3.63) is 54.2 Å². The first-order chi connectivity index (χ1) is 8.79. The van der Waals surface area contributed by atoms with E-state index >= 15 is 0 Å². The van der Waals surface area contributed by atoms with Crippen LogP contribution >= 0.6 is 0 Å². The van der Waals surface area contributed by atoms with Crippen molar-refractivity contribution in [2.45, 2.75) is 26.2 Å². The number of hydrogen-bond donors (Lipinski definition) is 1. The van der Waals surface area contributed by atoms with E-state index in [1.807, 2.05) is 25.4 Å². The molecule has 0 aliphatic rings. The lowest BCUT2D eigenvalue weighted by atomic mass is 10.1. The number of nitrogens with one attached hydrogen (secondary N) is 1. The second-order valence-electron chi connectivity index (χ2n) is 4.62. The van der Waals surface area contributed by atoms with Gasteiger partial charge in [0, 0.05) is 6.07 Å². The minimum Gasteiger partial charge on any atom is -1.00 e. The standard InChI is InChI=1S/C16H20N2.HI/c1-3-4-7-14-9-11-15(12-10-14)17-16-8-5-6-13-18(16)2;/h5-6,8-13H,3-4,7H2,1-2H3;1H. The van der Waals surface area contributed by atoms with E-state index in [2.05, 4.69) is 47.1 Å². The van der Waals surface area contributed by atoms with Crippen LogP contribution in [0.1, 0.15) is 25.3 Å². The molecule has 19 heavy (non-hydrogen) atoms. The molecule has 3 heteroatoms. The second kappa shape index (κ2) is 8.15. The Morgan fingerprint density at radius 2 is 1.79 bits per heavy atom. The molecule has 1 heterocycles. The molecule has 0 aliphatic heterocycles. The van der Waals surface area contributed by atoms with Crippen LogP contribution in [0.2, 0.25) is 0 Å². The number of nitrogens with zero attached hydrogens (tertiary/aromatic N) is 1. The van der Waals surface area contributed by atoms with Crippen molar-refractivity contribution in [1.82, 2.24) is 0 Å². The van der Waals surface area contributed by atoms with Crippen molar-refractivity contribution < 1.29 is 28.5 Å². The lowest BCUT2D eigenvalue weighted by molar-refractivity contribution is -0.657. The van der Waals surface area contributed by atoms with E-state index in [9.17, 15) is 0 Å². The molecular formula is C16H21IN2. The van der Waals surface area contributed by atoms with Gasteiger partial charge in [0.15, 0.2) is 0 Å². The van der Waals surface area contributed by atoms with Crippen molar-refractivity contribution >= 4 is 11.5 Å². The Morgan fingerprint density at radius 3 is 2.42 bits per heavy atom. The molecule has 102 valence electrons. The third kappa shape index (κ3) is 4.82. The third-order valence-electron chi connectivity index (χ3n) is 3.10. The fourth-order valence-corrected chi connectivity index (χ4v) is 1.94. The number of unbranched alkanes of at least 4 members (excludes halogenated alkanes) is 1. The maximum absolute atomic E-state index is 3.42. The number of pyridine rings is 1. The van der Waals surface area contributed by atoms with Gasteiger partial charge in [-0.25, -0.2) is 9.88 Å². The zero-order chi connectivity index (χ0) is 12.8. The molecule has 0 spiro atoms. The van der Waals surface area contributed by atoms with Gasteiger partial charge in [-0.2, -0.15) is 0 Å². The Hall–Kier alpha value is -1.10. The zero-order valence-corrected chi connectivity index (χ0v) is 13.7. The predicted molar refractivity (Wildman–Crippen MR) is 76.0 cm³/mol. The molecule has 0 atom stereocenters. The van der Waals surface area contributed by atoms with Gasteiger partial charge in [0.2, 0.25) is 0 Å². The maximum atomic E-state index is 3.42. The summed E-state index contributed by atoms with van der Waals surface area (Å²) in [6, 6.07) is 14.9. The van der Waals surface area contributed by atoms with Crippen LogP contribution in [0.15, 0.2) is 48.7 Å². The van der Waals surface area contributed by atoms with E-state index in [0.717, 1.165) is 11.5 Å². The molecule has 0 amide bonds. The van der Waals surface area contributed by atoms with Gasteiger partial charge in [0.05, 0.1) is 13.2 Å². The first kappa shape index (κ1) is 16.0. The molecule has 1 aromatic carbocycles. The minimum atomic E-state index is 0. The fraction of sp³-hybridized carbons (Fsp3) is 0.312. The van der Waals surface area contributed by atoms with Crippen molar-refractivity contribution in [2.24, 2.45) is 7.05 Å². The van der Waals surface area contributed by atoms with Crippen molar-refractivity contribution in [1.29, 1.82) is 0 Å². The van der Waals surface area contributed by atoms with Crippen LogP contribution in [0.25, 0.3) is 0 Å². The average molecular weight is 368 g/mol. The number of benzene rings is 1. The van der Waals surface area contributed by atoms with Crippen LogP contribution in [0.4, 0.5) is 11.5 Å². The van der Waals surface area contributed by atoms with Crippen LogP contribution in [-0.2, 0) is 13.5 Å². The molecule has 0 saturated carbocycles. The molecule has 0 bridgehead atoms. The van der Waals surface area contributed by atoms with Crippen LogP contribution < -0.4 is 33.9 Å². The Labute approximate surface area is 132 Å². The Bertz CT molecular complexity index is 494. The Balaban J connectivity index is 0.00000180. The molecule has 0 radical (unpaired) electrons. The summed E-state index contributed by atoms with van der Waals surface area (Å²) in [7, 11) is 2.04. The number of aromatic nitrogens is 1. The largest absolute Gasteiger partial charge is 1.00 e. The van der Waals surface area contributed by atoms with Gasteiger partial charge < -0.3 is 24.0 Å². The number of rotatable bonds is 5. The first-order valence-corrected chi connectivity index (χ1v) is 6.60. The molecular weight excluding hydrogens is 347 g/mol.